The Hall–Kier alpha value is -1.43. The summed E-state index contributed by atoms with van der Waals surface area (Å²) >= 11 is 3.15. The molecule has 2 atom stereocenters. The Balaban J connectivity index is 1.94. The zero-order valence-electron chi connectivity index (χ0n) is 11.5. The van der Waals surface area contributed by atoms with E-state index in [-0.39, 0.29) is 17.1 Å². The average Bonchev–Trinajstić information content (AvgIpc) is 2.88. The van der Waals surface area contributed by atoms with Gasteiger partial charge in [-0.05, 0) is 25.1 Å². The maximum Gasteiger partial charge on any atom is 0.151 e. The van der Waals surface area contributed by atoms with Crippen LogP contribution in [0, 0.1) is 5.82 Å². The Bertz CT molecular complexity index is 722. The maximum absolute atomic E-state index is 14.0. The summed E-state index contributed by atoms with van der Waals surface area (Å²) in [7, 11) is 0. The second kappa shape index (κ2) is 6.13. The predicted molar refractivity (Wildman–Crippen MR) is 88.3 cm³/mol. The van der Waals surface area contributed by atoms with Crippen LogP contribution in [0.3, 0.4) is 0 Å². The number of hydrogen-bond donors (Lipinski definition) is 1. The van der Waals surface area contributed by atoms with Crippen LogP contribution < -0.4 is 5.73 Å². The molecule has 0 fully saturated rings. The Morgan fingerprint density at radius 2 is 1.86 bits per heavy atom. The van der Waals surface area contributed by atoms with E-state index in [1.165, 1.54) is 17.8 Å². The van der Waals surface area contributed by atoms with Crippen LogP contribution >= 0.6 is 23.1 Å². The molecule has 2 nitrogen and oxygen atoms in total. The number of para-hydroxylation sites is 1. The molecule has 2 N–H and O–H groups in total. The van der Waals surface area contributed by atoms with Crippen LogP contribution in [0.25, 0.3) is 10.2 Å². The molecule has 0 aliphatic carbocycles. The third kappa shape index (κ3) is 3.10. The maximum atomic E-state index is 14.0. The smallest absolute Gasteiger partial charge is 0.151 e. The number of thioether (sulfide) groups is 1. The number of hydrogen-bond acceptors (Lipinski definition) is 4. The highest BCUT2D eigenvalue weighted by Gasteiger charge is 2.22. The molecule has 0 saturated carbocycles. The molecular weight excluding hydrogens is 303 g/mol. The van der Waals surface area contributed by atoms with Gasteiger partial charge in [-0.2, -0.15) is 0 Å². The summed E-state index contributed by atoms with van der Waals surface area (Å²) in [6.07, 6.45) is 0. The molecular formula is C16H15FN2S2. The molecule has 0 aliphatic heterocycles. The number of aromatic nitrogens is 1. The molecule has 0 saturated heterocycles. The summed E-state index contributed by atoms with van der Waals surface area (Å²) in [5.41, 5.74) is 7.68. The van der Waals surface area contributed by atoms with E-state index in [0.717, 1.165) is 14.6 Å². The van der Waals surface area contributed by atoms with E-state index in [0.29, 0.717) is 5.56 Å². The van der Waals surface area contributed by atoms with Gasteiger partial charge >= 0.3 is 0 Å². The number of thiazole rings is 1. The third-order valence-electron chi connectivity index (χ3n) is 3.19. The van der Waals surface area contributed by atoms with E-state index < -0.39 is 0 Å². The van der Waals surface area contributed by atoms with Crippen LogP contribution in [0.4, 0.5) is 4.39 Å². The van der Waals surface area contributed by atoms with Gasteiger partial charge in [0.25, 0.3) is 0 Å². The van der Waals surface area contributed by atoms with Crippen molar-refractivity contribution >= 4 is 33.3 Å². The Kier molecular flexibility index (Phi) is 4.24. The van der Waals surface area contributed by atoms with Gasteiger partial charge in [0, 0.05) is 11.6 Å². The normalized spacial score (nSPS) is 14.2. The number of nitrogens with zero attached hydrogens (tertiary/aromatic N) is 1. The number of nitrogens with two attached hydrogens (primary N) is 1. The molecule has 0 aliphatic rings. The molecule has 21 heavy (non-hydrogen) atoms. The molecule has 0 spiro atoms. The molecule has 0 amide bonds. The summed E-state index contributed by atoms with van der Waals surface area (Å²) < 4.78 is 16.1. The molecule has 1 aromatic heterocycles. The molecule has 2 unspecified atom stereocenters. The van der Waals surface area contributed by atoms with E-state index in [4.69, 9.17) is 5.73 Å². The van der Waals surface area contributed by atoms with Gasteiger partial charge in [-0.25, -0.2) is 9.37 Å². The summed E-state index contributed by atoms with van der Waals surface area (Å²) in [6, 6.07) is 14.6. The van der Waals surface area contributed by atoms with Crippen LogP contribution in [0.5, 0.6) is 0 Å². The van der Waals surface area contributed by atoms with Crippen molar-refractivity contribution in [2.45, 2.75) is 22.6 Å². The van der Waals surface area contributed by atoms with Gasteiger partial charge in [0.05, 0.1) is 15.5 Å². The first kappa shape index (κ1) is 14.5. The molecule has 3 rings (SSSR count). The fraction of sp³-hybridized carbons (Fsp3) is 0.188. The van der Waals surface area contributed by atoms with Crippen molar-refractivity contribution in [1.82, 2.24) is 4.98 Å². The molecule has 0 bridgehead atoms. The molecule has 0 radical (unpaired) electrons. The second-order valence-electron chi connectivity index (χ2n) is 4.87. The second-order valence-corrected chi connectivity index (χ2v) is 7.29. The fourth-order valence-electron chi connectivity index (χ4n) is 2.17. The lowest BCUT2D eigenvalue weighted by Crippen LogP contribution is -2.23. The Morgan fingerprint density at radius 3 is 2.57 bits per heavy atom. The van der Waals surface area contributed by atoms with Crippen LogP contribution in [0.2, 0.25) is 0 Å². The summed E-state index contributed by atoms with van der Waals surface area (Å²) in [6.45, 7) is 1.90. The molecule has 1 heterocycles. The summed E-state index contributed by atoms with van der Waals surface area (Å²) in [4.78, 5) is 4.59. The van der Waals surface area contributed by atoms with E-state index in [9.17, 15) is 4.39 Å². The van der Waals surface area contributed by atoms with Crippen LogP contribution in [-0.2, 0) is 0 Å². The van der Waals surface area contributed by atoms with Crippen LogP contribution in [0.1, 0.15) is 17.7 Å². The van der Waals surface area contributed by atoms with E-state index >= 15 is 0 Å². The van der Waals surface area contributed by atoms with Crippen LogP contribution in [-0.4, -0.2) is 11.0 Å². The summed E-state index contributed by atoms with van der Waals surface area (Å²) in [5, 5.41) is -0.147. The standard InChI is InChI=1S/C16H15FN2S2/c1-10(18)15(11-6-2-3-7-12(11)17)21-16-19-13-8-4-5-9-14(13)20-16/h2-10,15H,18H2,1H3. The minimum absolute atomic E-state index is 0.147. The molecule has 5 heteroatoms. The highest BCUT2D eigenvalue weighted by molar-refractivity contribution is 8.01. The third-order valence-corrected chi connectivity index (χ3v) is 5.79. The van der Waals surface area contributed by atoms with Gasteiger partial charge in [-0.1, -0.05) is 42.1 Å². The van der Waals surface area contributed by atoms with Crippen molar-refractivity contribution in [2.75, 3.05) is 0 Å². The first-order chi connectivity index (χ1) is 10.1. The highest BCUT2D eigenvalue weighted by atomic mass is 32.2. The number of benzene rings is 2. The van der Waals surface area contributed by atoms with Crippen molar-refractivity contribution < 1.29 is 4.39 Å². The molecule has 108 valence electrons. The average molecular weight is 318 g/mol. The van der Waals surface area contributed by atoms with Crippen molar-refractivity contribution in [1.29, 1.82) is 0 Å². The lowest BCUT2D eigenvalue weighted by molar-refractivity contribution is 0.592. The van der Waals surface area contributed by atoms with Gasteiger partial charge in [0.15, 0.2) is 4.34 Å². The van der Waals surface area contributed by atoms with Crippen molar-refractivity contribution in [3.8, 4) is 0 Å². The minimum Gasteiger partial charge on any atom is -0.327 e. The van der Waals surface area contributed by atoms with Crippen molar-refractivity contribution in [3.63, 3.8) is 0 Å². The number of halogens is 1. The Morgan fingerprint density at radius 1 is 1.14 bits per heavy atom. The van der Waals surface area contributed by atoms with Crippen LogP contribution in [0.15, 0.2) is 52.9 Å². The van der Waals surface area contributed by atoms with E-state index in [1.807, 2.05) is 37.3 Å². The first-order valence-electron chi connectivity index (χ1n) is 6.67. The molecule has 2 aromatic carbocycles. The van der Waals surface area contributed by atoms with Gasteiger partial charge in [0.2, 0.25) is 0 Å². The van der Waals surface area contributed by atoms with E-state index in [1.54, 1.807) is 23.5 Å². The van der Waals surface area contributed by atoms with Gasteiger partial charge in [-0.15, -0.1) is 11.3 Å². The fourth-order valence-corrected chi connectivity index (χ4v) is 4.54. The lowest BCUT2D eigenvalue weighted by Gasteiger charge is -2.19. The highest BCUT2D eigenvalue weighted by Crippen LogP contribution is 2.41. The van der Waals surface area contributed by atoms with Gasteiger partial charge < -0.3 is 5.73 Å². The lowest BCUT2D eigenvalue weighted by atomic mass is 10.1. The van der Waals surface area contributed by atoms with Gasteiger partial charge in [-0.3, -0.25) is 0 Å². The predicted octanol–water partition coefficient (Wildman–Crippen LogP) is 4.62. The van der Waals surface area contributed by atoms with Crippen molar-refractivity contribution in [2.24, 2.45) is 5.73 Å². The number of rotatable bonds is 4. The monoisotopic (exact) mass is 318 g/mol. The summed E-state index contributed by atoms with van der Waals surface area (Å²) in [5.74, 6) is -0.214. The zero-order chi connectivity index (χ0) is 14.8. The Labute approximate surface area is 131 Å². The zero-order valence-corrected chi connectivity index (χ0v) is 13.1. The van der Waals surface area contributed by atoms with E-state index in [2.05, 4.69) is 4.98 Å². The van der Waals surface area contributed by atoms with Crippen molar-refractivity contribution in [3.05, 3.63) is 59.9 Å². The number of fused-ring (bicyclic) bond motifs is 1. The quantitative estimate of drug-likeness (QED) is 0.714. The minimum atomic E-state index is -0.214. The molecule has 3 aromatic rings. The largest absolute Gasteiger partial charge is 0.327 e. The van der Waals surface area contributed by atoms with Gasteiger partial charge in [0.1, 0.15) is 5.82 Å². The topological polar surface area (TPSA) is 38.9 Å². The SMILES string of the molecule is CC(N)C(Sc1nc2ccccc2s1)c1ccccc1F. The first-order valence-corrected chi connectivity index (χ1v) is 8.37.